The zero-order valence-electron chi connectivity index (χ0n) is 16.6. The molecule has 0 saturated heterocycles. The predicted molar refractivity (Wildman–Crippen MR) is 103 cm³/mol. The molecule has 1 rings (SSSR count). The van der Waals surface area contributed by atoms with Gasteiger partial charge in [-0.25, -0.2) is 4.79 Å². The Labute approximate surface area is 160 Å². The first kappa shape index (κ1) is 24.4. The Kier molecular flexibility index (Phi) is 11.5. The number of nitrogens with one attached hydrogen (secondary N) is 1. The van der Waals surface area contributed by atoms with Gasteiger partial charge in [-0.15, -0.1) is 0 Å². The number of carbonyl (C=O) groups excluding carboxylic acids is 2. The molecular weight excluding hydrogens is 352 g/mol. The number of hydrogen-bond donors (Lipinski definition) is 3. The van der Waals surface area contributed by atoms with Gasteiger partial charge < -0.3 is 25.6 Å². The highest BCUT2D eigenvalue weighted by Gasteiger charge is 2.17. The topological polar surface area (TPSA) is 128 Å². The highest BCUT2D eigenvalue weighted by atomic mass is 16.6. The van der Waals surface area contributed by atoms with Crippen LogP contribution in [-0.2, 0) is 30.3 Å². The lowest BCUT2D eigenvalue weighted by Crippen LogP contribution is -2.29. The van der Waals surface area contributed by atoms with E-state index in [9.17, 15) is 14.4 Å². The van der Waals surface area contributed by atoms with Gasteiger partial charge in [-0.1, -0.05) is 25.1 Å². The molecule has 1 aromatic carbocycles. The summed E-state index contributed by atoms with van der Waals surface area (Å²) in [5.41, 5.74) is 8.16. The van der Waals surface area contributed by atoms with E-state index in [-0.39, 0.29) is 13.2 Å². The number of benzene rings is 1. The van der Waals surface area contributed by atoms with E-state index in [0.29, 0.717) is 0 Å². The standard InChI is InChI=1S/C12H17NO2.C7H13NO4/c1-4-10-7-5-6-8(2)11(10)13-9(3)12(14)15;1-3-11-7(10)5(2)12-6(9)4-8/h5-7,9,13H,4H2,1-3H3,(H,14,15);5H,3-4,8H2,1-2H3/t9-;/m0./s1. The normalized spacial score (nSPS) is 12.1. The number of carboxylic acid groups (broad SMARTS) is 1. The fraction of sp³-hybridized carbons (Fsp3) is 0.526. The maximum atomic E-state index is 10.9. The number of carboxylic acids is 1. The summed E-state index contributed by atoms with van der Waals surface area (Å²) in [7, 11) is 0. The number of carbonyl (C=O) groups is 3. The van der Waals surface area contributed by atoms with E-state index < -0.39 is 30.1 Å². The molecule has 0 amide bonds. The summed E-state index contributed by atoms with van der Waals surface area (Å²) >= 11 is 0. The van der Waals surface area contributed by atoms with Crippen molar-refractivity contribution in [3.63, 3.8) is 0 Å². The summed E-state index contributed by atoms with van der Waals surface area (Å²) in [6, 6.07) is 5.43. The van der Waals surface area contributed by atoms with Crippen molar-refractivity contribution in [2.75, 3.05) is 18.5 Å². The Morgan fingerprint density at radius 3 is 2.33 bits per heavy atom. The van der Waals surface area contributed by atoms with Crippen LogP contribution in [0.3, 0.4) is 0 Å². The molecule has 0 heterocycles. The third-order valence-electron chi connectivity index (χ3n) is 3.56. The average Bonchev–Trinajstić information content (AvgIpc) is 2.63. The molecule has 2 atom stereocenters. The van der Waals surface area contributed by atoms with Crippen molar-refractivity contribution in [2.45, 2.75) is 53.2 Å². The van der Waals surface area contributed by atoms with Crippen LogP contribution in [0.1, 0.15) is 38.8 Å². The lowest BCUT2D eigenvalue weighted by atomic mass is 10.1. The van der Waals surface area contributed by atoms with E-state index in [1.165, 1.54) is 6.92 Å². The smallest absolute Gasteiger partial charge is 0.347 e. The maximum absolute atomic E-state index is 10.9. The molecule has 8 heteroatoms. The van der Waals surface area contributed by atoms with Crippen LogP contribution in [0.2, 0.25) is 0 Å². The quantitative estimate of drug-likeness (QED) is 0.582. The van der Waals surface area contributed by atoms with Crippen molar-refractivity contribution in [1.82, 2.24) is 0 Å². The molecule has 0 aliphatic rings. The fourth-order valence-corrected chi connectivity index (χ4v) is 2.06. The minimum atomic E-state index is -0.874. The summed E-state index contributed by atoms with van der Waals surface area (Å²) in [4.78, 5) is 32.2. The SMILES string of the molecule is CCOC(=O)C(C)OC(=O)CN.CCc1cccc(C)c1N[C@@H](C)C(=O)O. The highest BCUT2D eigenvalue weighted by Crippen LogP contribution is 2.21. The molecule has 0 saturated carbocycles. The molecule has 8 nitrogen and oxygen atoms in total. The van der Waals surface area contributed by atoms with Gasteiger partial charge in [0.15, 0.2) is 6.10 Å². The number of rotatable bonds is 8. The van der Waals surface area contributed by atoms with E-state index in [1.54, 1.807) is 13.8 Å². The number of anilines is 1. The molecule has 0 aliphatic heterocycles. The predicted octanol–water partition coefficient (Wildman–Crippen LogP) is 1.88. The Balaban J connectivity index is 0.000000516. The number of aliphatic carboxylic acids is 1. The van der Waals surface area contributed by atoms with Crippen molar-refractivity contribution < 1.29 is 29.0 Å². The molecule has 1 unspecified atom stereocenters. The first-order valence-corrected chi connectivity index (χ1v) is 8.81. The molecule has 0 spiro atoms. The Morgan fingerprint density at radius 2 is 1.85 bits per heavy atom. The van der Waals surface area contributed by atoms with Gasteiger partial charge in [0, 0.05) is 5.69 Å². The van der Waals surface area contributed by atoms with Gasteiger partial charge in [-0.2, -0.15) is 0 Å². The van der Waals surface area contributed by atoms with Crippen molar-refractivity contribution in [3.8, 4) is 0 Å². The van der Waals surface area contributed by atoms with Crippen LogP contribution < -0.4 is 11.1 Å². The van der Waals surface area contributed by atoms with Crippen molar-refractivity contribution in [2.24, 2.45) is 5.73 Å². The van der Waals surface area contributed by atoms with Crippen LogP contribution in [0.5, 0.6) is 0 Å². The van der Waals surface area contributed by atoms with Gasteiger partial charge in [-0.05, 0) is 45.2 Å². The second-order valence-electron chi connectivity index (χ2n) is 5.76. The molecule has 0 aromatic heterocycles. The zero-order valence-corrected chi connectivity index (χ0v) is 16.6. The lowest BCUT2D eigenvalue weighted by Gasteiger charge is -2.16. The number of hydrogen-bond acceptors (Lipinski definition) is 7. The molecule has 0 fully saturated rings. The van der Waals surface area contributed by atoms with Crippen LogP contribution >= 0.6 is 0 Å². The van der Waals surface area contributed by atoms with Gasteiger partial charge in [-0.3, -0.25) is 9.59 Å². The highest BCUT2D eigenvalue weighted by molar-refractivity contribution is 5.79. The number of ether oxygens (including phenoxy) is 2. The first-order chi connectivity index (χ1) is 12.7. The van der Waals surface area contributed by atoms with E-state index in [4.69, 9.17) is 10.8 Å². The second kappa shape index (κ2) is 12.7. The van der Waals surface area contributed by atoms with Crippen LogP contribution in [0, 0.1) is 6.92 Å². The monoisotopic (exact) mass is 382 g/mol. The summed E-state index contributed by atoms with van der Waals surface area (Å²) in [6.07, 6.45) is 0.0251. The van der Waals surface area contributed by atoms with E-state index in [2.05, 4.69) is 21.7 Å². The molecule has 0 radical (unpaired) electrons. The summed E-state index contributed by atoms with van der Waals surface area (Å²) in [5.74, 6) is -2.00. The minimum absolute atomic E-state index is 0.232. The largest absolute Gasteiger partial charge is 0.480 e. The third-order valence-corrected chi connectivity index (χ3v) is 3.56. The summed E-state index contributed by atoms with van der Waals surface area (Å²) < 4.78 is 9.17. The van der Waals surface area contributed by atoms with Gasteiger partial charge in [0.05, 0.1) is 13.2 Å². The van der Waals surface area contributed by atoms with Crippen molar-refractivity contribution >= 4 is 23.6 Å². The number of nitrogens with two attached hydrogens (primary N) is 1. The average molecular weight is 382 g/mol. The molecule has 152 valence electrons. The minimum Gasteiger partial charge on any atom is -0.480 e. The van der Waals surface area contributed by atoms with E-state index in [0.717, 1.165) is 23.2 Å². The van der Waals surface area contributed by atoms with Gasteiger partial charge in [0.2, 0.25) is 0 Å². The number of esters is 2. The molecule has 27 heavy (non-hydrogen) atoms. The third kappa shape index (κ3) is 9.05. The first-order valence-electron chi connectivity index (χ1n) is 8.81. The van der Waals surface area contributed by atoms with Crippen LogP contribution in [0.25, 0.3) is 0 Å². The Morgan fingerprint density at radius 1 is 1.22 bits per heavy atom. The Hall–Kier alpha value is -2.61. The van der Waals surface area contributed by atoms with E-state index in [1.807, 2.05) is 25.1 Å². The van der Waals surface area contributed by atoms with Crippen LogP contribution in [-0.4, -0.2) is 48.3 Å². The molecule has 1 aromatic rings. The van der Waals surface area contributed by atoms with E-state index >= 15 is 0 Å². The number of para-hydroxylation sites is 1. The fourth-order valence-electron chi connectivity index (χ4n) is 2.06. The number of aryl methyl sites for hydroxylation is 2. The van der Waals surface area contributed by atoms with Gasteiger partial charge in [0.1, 0.15) is 6.04 Å². The van der Waals surface area contributed by atoms with Crippen molar-refractivity contribution in [1.29, 1.82) is 0 Å². The second-order valence-corrected chi connectivity index (χ2v) is 5.76. The lowest BCUT2D eigenvalue weighted by molar-refractivity contribution is -0.165. The van der Waals surface area contributed by atoms with Crippen molar-refractivity contribution in [3.05, 3.63) is 29.3 Å². The molecule has 4 N–H and O–H groups in total. The van der Waals surface area contributed by atoms with Gasteiger partial charge >= 0.3 is 17.9 Å². The zero-order chi connectivity index (χ0) is 21.0. The molecular formula is C19H30N2O6. The van der Waals surface area contributed by atoms with Crippen LogP contribution in [0.4, 0.5) is 5.69 Å². The maximum Gasteiger partial charge on any atom is 0.347 e. The van der Waals surface area contributed by atoms with Gasteiger partial charge in [0.25, 0.3) is 0 Å². The molecule has 0 bridgehead atoms. The van der Waals surface area contributed by atoms with Crippen LogP contribution in [0.15, 0.2) is 18.2 Å². The summed E-state index contributed by atoms with van der Waals surface area (Å²) in [6.45, 7) is 8.84. The Bertz CT molecular complexity index is 633. The summed E-state index contributed by atoms with van der Waals surface area (Å²) in [5, 5.41) is 11.9. The molecule has 0 aliphatic carbocycles.